The molecule has 2 aromatic rings. The van der Waals surface area contributed by atoms with Gasteiger partial charge in [-0.05, 0) is 52.2 Å². The van der Waals surface area contributed by atoms with Crippen LogP contribution in [0.5, 0.6) is 0 Å². The standard InChI is InChI=1S/C16H14Br2N2O/c17-10-5-6-13(18)15(9-10)20-16(21)12-7-8-19-14-4-2-1-3-11(12)14/h1-6,9,12,19H,7-8H2,(H,20,21). The lowest BCUT2D eigenvalue weighted by molar-refractivity contribution is -0.117. The van der Waals surface area contributed by atoms with Crippen molar-refractivity contribution in [2.45, 2.75) is 12.3 Å². The summed E-state index contributed by atoms with van der Waals surface area (Å²) in [7, 11) is 0. The zero-order valence-corrected chi connectivity index (χ0v) is 14.4. The lowest BCUT2D eigenvalue weighted by atomic mass is 9.90. The Balaban J connectivity index is 1.85. The summed E-state index contributed by atoms with van der Waals surface area (Å²) in [6.45, 7) is 0.814. The third-order valence-electron chi connectivity index (χ3n) is 3.59. The van der Waals surface area contributed by atoms with Gasteiger partial charge in [0, 0.05) is 21.2 Å². The third-order valence-corrected chi connectivity index (χ3v) is 4.77. The zero-order chi connectivity index (χ0) is 14.8. The average Bonchev–Trinajstić information content (AvgIpc) is 2.50. The van der Waals surface area contributed by atoms with Crippen molar-refractivity contribution in [3.05, 3.63) is 57.0 Å². The molecule has 1 amide bonds. The van der Waals surface area contributed by atoms with Gasteiger partial charge >= 0.3 is 0 Å². The second-order valence-electron chi connectivity index (χ2n) is 4.97. The summed E-state index contributed by atoms with van der Waals surface area (Å²) in [5.41, 5.74) is 2.90. The molecule has 2 aromatic carbocycles. The van der Waals surface area contributed by atoms with Gasteiger partial charge in [0.1, 0.15) is 0 Å². The summed E-state index contributed by atoms with van der Waals surface area (Å²) in [6.07, 6.45) is 0.800. The molecular weight excluding hydrogens is 396 g/mol. The van der Waals surface area contributed by atoms with Gasteiger partial charge in [0.05, 0.1) is 11.6 Å². The number of rotatable bonds is 2. The minimum absolute atomic E-state index is 0.0303. The van der Waals surface area contributed by atoms with Crippen LogP contribution >= 0.6 is 31.9 Å². The smallest absolute Gasteiger partial charge is 0.232 e. The topological polar surface area (TPSA) is 41.1 Å². The van der Waals surface area contributed by atoms with Gasteiger partial charge in [-0.2, -0.15) is 0 Å². The highest BCUT2D eigenvalue weighted by molar-refractivity contribution is 9.11. The molecule has 0 radical (unpaired) electrons. The molecule has 0 aromatic heterocycles. The van der Waals surface area contributed by atoms with Crippen molar-refractivity contribution < 1.29 is 4.79 Å². The second-order valence-corrected chi connectivity index (χ2v) is 6.74. The van der Waals surface area contributed by atoms with Crippen LogP contribution in [0, 0.1) is 0 Å². The van der Waals surface area contributed by atoms with E-state index in [1.807, 2.05) is 42.5 Å². The molecule has 0 spiro atoms. The zero-order valence-electron chi connectivity index (χ0n) is 11.2. The number of nitrogens with one attached hydrogen (secondary N) is 2. The van der Waals surface area contributed by atoms with E-state index in [1.165, 1.54) is 0 Å². The molecule has 5 heteroatoms. The van der Waals surface area contributed by atoms with Gasteiger partial charge in [0.25, 0.3) is 0 Å². The molecule has 1 unspecified atom stereocenters. The van der Waals surface area contributed by atoms with Gasteiger partial charge in [-0.1, -0.05) is 34.1 Å². The monoisotopic (exact) mass is 408 g/mol. The molecule has 1 aliphatic rings. The van der Waals surface area contributed by atoms with E-state index in [0.717, 1.165) is 38.8 Å². The van der Waals surface area contributed by atoms with E-state index in [2.05, 4.69) is 42.5 Å². The molecule has 1 heterocycles. The van der Waals surface area contributed by atoms with Crippen molar-refractivity contribution in [1.82, 2.24) is 0 Å². The summed E-state index contributed by atoms with van der Waals surface area (Å²) in [5.74, 6) is -0.0870. The van der Waals surface area contributed by atoms with Crippen molar-refractivity contribution in [2.75, 3.05) is 17.2 Å². The average molecular weight is 410 g/mol. The van der Waals surface area contributed by atoms with Crippen LogP contribution in [-0.4, -0.2) is 12.5 Å². The Morgan fingerprint density at radius 2 is 2.00 bits per heavy atom. The van der Waals surface area contributed by atoms with Crippen LogP contribution in [0.15, 0.2) is 51.4 Å². The van der Waals surface area contributed by atoms with Gasteiger partial charge in [0.15, 0.2) is 0 Å². The number of amides is 1. The molecule has 1 atom stereocenters. The number of carbonyl (C=O) groups excluding carboxylic acids is 1. The van der Waals surface area contributed by atoms with Crippen LogP contribution in [0.4, 0.5) is 11.4 Å². The highest BCUT2D eigenvalue weighted by atomic mass is 79.9. The summed E-state index contributed by atoms with van der Waals surface area (Å²) in [5, 5.41) is 6.35. The van der Waals surface area contributed by atoms with E-state index in [1.54, 1.807) is 0 Å². The van der Waals surface area contributed by atoms with E-state index in [0.29, 0.717) is 0 Å². The van der Waals surface area contributed by atoms with E-state index < -0.39 is 0 Å². The maximum absolute atomic E-state index is 12.6. The first-order chi connectivity index (χ1) is 10.1. The number of hydrogen-bond donors (Lipinski definition) is 2. The van der Waals surface area contributed by atoms with Gasteiger partial charge in [0.2, 0.25) is 5.91 Å². The predicted octanol–water partition coefficient (Wildman–Crippen LogP) is 4.75. The Bertz CT molecular complexity index is 688. The fraction of sp³-hybridized carbons (Fsp3) is 0.188. The second kappa shape index (κ2) is 6.20. The highest BCUT2D eigenvalue weighted by Crippen LogP contribution is 2.33. The number of carbonyl (C=O) groups is 1. The first-order valence-electron chi connectivity index (χ1n) is 6.74. The number of benzene rings is 2. The van der Waals surface area contributed by atoms with Crippen LogP contribution in [0.1, 0.15) is 17.9 Å². The number of para-hydroxylation sites is 1. The fourth-order valence-corrected chi connectivity index (χ4v) is 3.26. The van der Waals surface area contributed by atoms with Crippen LogP contribution in [0.25, 0.3) is 0 Å². The molecule has 0 saturated heterocycles. The number of anilines is 2. The van der Waals surface area contributed by atoms with E-state index in [9.17, 15) is 4.79 Å². The Hall–Kier alpha value is -1.33. The third kappa shape index (κ3) is 3.14. The summed E-state index contributed by atoms with van der Waals surface area (Å²) < 4.78 is 1.81. The van der Waals surface area contributed by atoms with Crippen molar-refractivity contribution in [1.29, 1.82) is 0 Å². The van der Waals surface area contributed by atoms with Crippen molar-refractivity contribution >= 4 is 49.1 Å². The first-order valence-corrected chi connectivity index (χ1v) is 8.32. The van der Waals surface area contributed by atoms with Gasteiger partial charge in [-0.3, -0.25) is 4.79 Å². The maximum Gasteiger partial charge on any atom is 0.232 e. The minimum Gasteiger partial charge on any atom is -0.385 e. The SMILES string of the molecule is O=C(Nc1cc(Br)ccc1Br)C1CCNc2ccccc21. The normalized spacial score (nSPS) is 16.8. The molecule has 3 rings (SSSR count). The first kappa shape index (κ1) is 14.6. The van der Waals surface area contributed by atoms with Gasteiger partial charge in [-0.15, -0.1) is 0 Å². The van der Waals surface area contributed by atoms with Gasteiger partial charge in [-0.25, -0.2) is 0 Å². The van der Waals surface area contributed by atoms with Gasteiger partial charge < -0.3 is 10.6 Å². The minimum atomic E-state index is -0.117. The molecule has 0 fully saturated rings. The molecule has 1 aliphatic heterocycles. The Labute approximate surface area is 140 Å². The van der Waals surface area contributed by atoms with Crippen LogP contribution < -0.4 is 10.6 Å². The largest absolute Gasteiger partial charge is 0.385 e. The predicted molar refractivity (Wildman–Crippen MR) is 92.8 cm³/mol. The van der Waals surface area contributed by atoms with Crippen molar-refractivity contribution in [3.63, 3.8) is 0 Å². The summed E-state index contributed by atoms with van der Waals surface area (Å²) in [4.78, 5) is 12.6. The van der Waals surface area contributed by atoms with Crippen molar-refractivity contribution in [3.8, 4) is 0 Å². The van der Waals surface area contributed by atoms with Crippen LogP contribution in [-0.2, 0) is 4.79 Å². The molecule has 2 N–H and O–H groups in total. The molecular formula is C16H14Br2N2O. The van der Waals surface area contributed by atoms with Crippen LogP contribution in [0.2, 0.25) is 0 Å². The number of fused-ring (bicyclic) bond motifs is 1. The van der Waals surface area contributed by atoms with E-state index in [-0.39, 0.29) is 11.8 Å². The molecule has 3 nitrogen and oxygen atoms in total. The number of halogens is 2. The maximum atomic E-state index is 12.6. The van der Waals surface area contributed by atoms with E-state index >= 15 is 0 Å². The molecule has 0 aliphatic carbocycles. The Kier molecular flexibility index (Phi) is 4.31. The molecule has 21 heavy (non-hydrogen) atoms. The lowest BCUT2D eigenvalue weighted by Gasteiger charge is -2.26. The lowest BCUT2D eigenvalue weighted by Crippen LogP contribution is -2.27. The Morgan fingerprint density at radius 3 is 2.86 bits per heavy atom. The summed E-state index contributed by atoms with van der Waals surface area (Å²) in [6, 6.07) is 13.7. The highest BCUT2D eigenvalue weighted by Gasteiger charge is 2.26. The molecule has 0 bridgehead atoms. The van der Waals surface area contributed by atoms with Crippen molar-refractivity contribution in [2.24, 2.45) is 0 Å². The van der Waals surface area contributed by atoms with E-state index in [4.69, 9.17) is 0 Å². The Morgan fingerprint density at radius 1 is 1.19 bits per heavy atom. The summed E-state index contributed by atoms with van der Waals surface area (Å²) >= 11 is 6.89. The molecule has 108 valence electrons. The number of hydrogen-bond acceptors (Lipinski definition) is 2. The quantitative estimate of drug-likeness (QED) is 0.751. The fourth-order valence-electron chi connectivity index (χ4n) is 2.55. The molecule has 0 saturated carbocycles. The van der Waals surface area contributed by atoms with Crippen LogP contribution in [0.3, 0.4) is 0 Å².